The van der Waals surface area contributed by atoms with Crippen LogP contribution in [0.5, 0.6) is 0 Å². The Kier molecular flexibility index (Phi) is 7.21. The highest BCUT2D eigenvalue weighted by atomic mass is 79.9. The lowest BCUT2D eigenvalue weighted by molar-refractivity contribution is -0.686. The maximum Gasteiger partial charge on any atom is 0.279 e. The van der Waals surface area contributed by atoms with E-state index in [1.807, 2.05) is 31.2 Å². The summed E-state index contributed by atoms with van der Waals surface area (Å²) < 4.78 is 1.07. The first-order chi connectivity index (χ1) is 11.9. The van der Waals surface area contributed by atoms with Crippen molar-refractivity contribution in [2.24, 2.45) is 0 Å². The quantitative estimate of drug-likeness (QED) is 0.700. The lowest BCUT2D eigenvalue weighted by Crippen LogP contribution is -2.87. The van der Waals surface area contributed by atoms with Crippen LogP contribution in [0.15, 0.2) is 46.9 Å². The third-order valence-electron chi connectivity index (χ3n) is 4.52. The van der Waals surface area contributed by atoms with Gasteiger partial charge in [0.15, 0.2) is 6.54 Å². The van der Waals surface area contributed by atoms with Crippen LogP contribution in [-0.2, 0) is 4.79 Å². The van der Waals surface area contributed by atoms with Crippen LogP contribution in [0.4, 0.5) is 5.69 Å². The van der Waals surface area contributed by atoms with Crippen LogP contribution in [0.2, 0.25) is 0 Å². The number of nitrogens with one attached hydrogen (secondary N) is 1. The Bertz CT molecular complexity index is 710. The molecule has 0 saturated heterocycles. The van der Waals surface area contributed by atoms with E-state index in [-0.39, 0.29) is 5.91 Å². The first-order valence-electron chi connectivity index (χ1n) is 8.90. The van der Waals surface area contributed by atoms with Crippen molar-refractivity contribution in [3.05, 3.63) is 63.6 Å². The van der Waals surface area contributed by atoms with Crippen molar-refractivity contribution in [1.82, 2.24) is 0 Å². The SMILES string of the molecule is CC[C@@H]([NH2+]CC(=O)Nc1c(C)cccc1C(C)C)c1ccc(Br)cc1. The first kappa shape index (κ1) is 19.7. The Balaban J connectivity index is 2.02. The monoisotopic (exact) mass is 403 g/mol. The topological polar surface area (TPSA) is 45.7 Å². The fourth-order valence-corrected chi connectivity index (χ4v) is 3.29. The maximum atomic E-state index is 12.5. The average molecular weight is 404 g/mol. The van der Waals surface area contributed by atoms with Gasteiger partial charge in [0, 0.05) is 22.1 Å². The summed E-state index contributed by atoms with van der Waals surface area (Å²) in [5, 5.41) is 5.24. The summed E-state index contributed by atoms with van der Waals surface area (Å²) in [4.78, 5) is 12.5. The Labute approximate surface area is 159 Å². The van der Waals surface area contributed by atoms with E-state index in [4.69, 9.17) is 0 Å². The number of benzene rings is 2. The number of para-hydroxylation sites is 1. The third kappa shape index (κ3) is 5.41. The van der Waals surface area contributed by atoms with E-state index in [2.05, 4.69) is 65.5 Å². The summed E-state index contributed by atoms with van der Waals surface area (Å²) >= 11 is 3.47. The van der Waals surface area contributed by atoms with Crippen molar-refractivity contribution in [3.63, 3.8) is 0 Å². The number of amides is 1. The number of anilines is 1. The van der Waals surface area contributed by atoms with E-state index < -0.39 is 0 Å². The number of hydrogen-bond acceptors (Lipinski definition) is 1. The smallest absolute Gasteiger partial charge is 0.279 e. The molecular weight excluding hydrogens is 376 g/mol. The Morgan fingerprint density at radius 1 is 1.16 bits per heavy atom. The molecule has 1 atom stereocenters. The predicted molar refractivity (Wildman–Crippen MR) is 108 cm³/mol. The fraction of sp³-hybridized carbons (Fsp3) is 0.381. The van der Waals surface area contributed by atoms with Gasteiger partial charge in [-0.3, -0.25) is 4.79 Å². The van der Waals surface area contributed by atoms with E-state index in [1.165, 1.54) is 11.1 Å². The number of halogens is 1. The molecule has 0 radical (unpaired) electrons. The molecule has 2 aromatic carbocycles. The van der Waals surface area contributed by atoms with E-state index in [1.54, 1.807) is 0 Å². The summed E-state index contributed by atoms with van der Waals surface area (Å²) in [6.45, 7) is 8.91. The highest BCUT2D eigenvalue weighted by Gasteiger charge is 2.17. The second kappa shape index (κ2) is 9.16. The van der Waals surface area contributed by atoms with Crippen molar-refractivity contribution in [3.8, 4) is 0 Å². The first-order valence-corrected chi connectivity index (χ1v) is 9.69. The zero-order valence-electron chi connectivity index (χ0n) is 15.5. The van der Waals surface area contributed by atoms with Gasteiger partial charge in [0.25, 0.3) is 5.91 Å². The number of carbonyl (C=O) groups excluding carboxylic acids is 1. The van der Waals surface area contributed by atoms with Crippen molar-refractivity contribution in [2.45, 2.75) is 46.1 Å². The molecule has 4 heteroatoms. The normalized spacial score (nSPS) is 12.2. The fourth-order valence-electron chi connectivity index (χ4n) is 3.03. The standard InChI is InChI=1S/C21H27BrN2O/c1-5-19(16-9-11-17(22)12-10-16)23-13-20(25)24-21-15(4)7-6-8-18(21)14(2)3/h6-12,14,19,23H,5,13H2,1-4H3,(H,24,25)/p+1/t19-/m1/s1. The molecule has 0 heterocycles. The van der Waals surface area contributed by atoms with Crippen LogP contribution in [0, 0.1) is 6.92 Å². The molecule has 0 saturated carbocycles. The number of hydrogen-bond donors (Lipinski definition) is 2. The molecule has 25 heavy (non-hydrogen) atoms. The van der Waals surface area contributed by atoms with Crippen LogP contribution in [0.3, 0.4) is 0 Å². The molecule has 0 aromatic heterocycles. The van der Waals surface area contributed by atoms with Crippen molar-refractivity contribution in [1.29, 1.82) is 0 Å². The number of carbonyl (C=O) groups is 1. The minimum Gasteiger partial charge on any atom is -0.332 e. The van der Waals surface area contributed by atoms with Crippen LogP contribution in [0.25, 0.3) is 0 Å². The van der Waals surface area contributed by atoms with E-state index in [0.29, 0.717) is 18.5 Å². The van der Waals surface area contributed by atoms with Crippen molar-refractivity contribution >= 4 is 27.5 Å². The minimum absolute atomic E-state index is 0.0479. The van der Waals surface area contributed by atoms with Crippen molar-refractivity contribution in [2.75, 3.05) is 11.9 Å². The van der Waals surface area contributed by atoms with Gasteiger partial charge in [0.05, 0.1) is 0 Å². The molecule has 0 aliphatic heterocycles. The summed E-state index contributed by atoms with van der Waals surface area (Å²) in [6.07, 6.45) is 0.983. The molecule has 134 valence electrons. The molecule has 3 nitrogen and oxygen atoms in total. The maximum absolute atomic E-state index is 12.5. The Morgan fingerprint density at radius 3 is 2.44 bits per heavy atom. The van der Waals surface area contributed by atoms with Gasteiger partial charge in [-0.1, -0.05) is 67.0 Å². The van der Waals surface area contributed by atoms with Gasteiger partial charge in [0.2, 0.25) is 0 Å². The second-order valence-corrected chi connectivity index (χ2v) is 7.66. The van der Waals surface area contributed by atoms with Gasteiger partial charge in [-0.15, -0.1) is 0 Å². The molecule has 3 N–H and O–H groups in total. The minimum atomic E-state index is 0.0479. The molecule has 1 amide bonds. The van der Waals surface area contributed by atoms with Gasteiger partial charge < -0.3 is 10.6 Å². The molecular formula is C21H28BrN2O+. The molecule has 2 aromatic rings. The van der Waals surface area contributed by atoms with E-state index in [9.17, 15) is 4.79 Å². The molecule has 0 fully saturated rings. The van der Waals surface area contributed by atoms with E-state index >= 15 is 0 Å². The second-order valence-electron chi connectivity index (χ2n) is 6.75. The van der Waals surface area contributed by atoms with Crippen LogP contribution >= 0.6 is 15.9 Å². The molecule has 0 unspecified atom stereocenters. The molecule has 0 spiro atoms. The molecule has 0 aliphatic rings. The molecule has 0 aliphatic carbocycles. The number of quaternary nitrogens is 1. The Morgan fingerprint density at radius 2 is 1.84 bits per heavy atom. The predicted octanol–water partition coefficient (Wildman–Crippen LogP) is 4.53. The van der Waals surface area contributed by atoms with Gasteiger partial charge in [-0.25, -0.2) is 0 Å². The molecule has 2 rings (SSSR count). The molecule has 0 bridgehead atoms. The largest absolute Gasteiger partial charge is 0.332 e. The van der Waals surface area contributed by atoms with Gasteiger partial charge in [-0.05, 0) is 36.1 Å². The zero-order valence-corrected chi connectivity index (χ0v) is 17.1. The van der Waals surface area contributed by atoms with Crippen LogP contribution in [0.1, 0.15) is 55.8 Å². The summed E-state index contributed by atoms with van der Waals surface area (Å²) in [5.74, 6) is 0.428. The Hall–Kier alpha value is -1.65. The number of rotatable bonds is 7. The van der Waals surface area contributed by atoms with Crippen molar-refractivity contribution < 1.29 is 10.1 Å². The number of aryl methyl sites for hydroxylation is 1. The lowest BCUT2D eigenvalue weighted by atomic mass is 9.98. The van der Waals surface area contributed by atoms with Gasteiger partial charge >= 0.3 is 0 Å². The highest BCUT2D eigenvalue weighted by Crippen LogP contribution is 2.27. The lowest BCUT2D eigenvalue weighted by Gasteiger charge is -2.17. The summed E-state index contributed by atoms with van der Waals surface area (Å²) in [5.41, 5.74) is 4.51. The third-order valence-corrected chi connectivity index (χ3v) is 5.05. The highest BCUT2D eigenvalue weighted by molar-refractivity contribution is 9.10. The summed E-state index contributed by atoms with van der Waals surface area (Å²) in [6, 6.07) is 14.8. The van der Waals surface area contributed by atoms with Crippen LogP contribution < -0.4 is 10.6 Å². The number of nitrogens with two attached hydrogens (primary N) is 1. The summed E-state index contributed by atoms with van der Waals surface area (Å²) in [7, 11) is 0. The van der Waals surface area contributed by atoms with Gasteiger partial charge in [0.1, 0.15) is 6.04 Å². The van der Waals surface area contributed by atoms with Crippen LogP contribution in [-0.4, -0.2) is 12.5 Å². The van der Waals surface area contributed by atoms with E-state index in [0.717, 1.165) is 22.1 Å². The average Bonchev–Trinajstić information content (AvgIpc) is 2.58. The van der Waals surface area contributed by atoms with Gasteiger partial charge in [-0.2, -0.15) is 0 Å². The zero-order chi connectivity index (χ0) is 18.4.